The number of methoxy groups -OCH3 is 1. The number of thiophene rings is 1. The molecule has 2 aromatic heterocycles. The Morgan fingerprint density at radius 1 is 1.10 bits per heavy atom. The fourth-order valence-electron chi connectivity index (χ4n) is 3.87. The summed E-state index contributed by atoms with van der Waals surface area (Å²) < 4.78 is 11.0. The Balaban J connectivity index is 1.35. The van der Waals surface area contributed by atoms with Gasteiger partial charge in [-0.25, -0.2) is 0 Å². The van der Waals surface area contributed by atoms with E-state index < -0.39 is 0 Å². The Bertz CT molecular complexity index is 1280. The van der Waals surface area contributed by atoms with E-state index in [0.717, 1.165) is 22.2 Å². The molecule has 0 aliphatic carbocycles. The summed E-state index contributed by atoms with van der Waals surface area (Å²) in [6.07, 6.45) is 0.796. The summed E-state index contributed by atoms with van der Waals surface area (Å²) in [7, 11) is 1.57. The van der Waals surface area contributed by atoms with Gasteiger partial charge < -0.3 is 19.4 Å². The molecule has 0 saturated carbocycles. The van der Waals surface area contributed by atoms with Gasteiger partial charge in [-0.15, -0.1) is 11.3 Å². The molecule has 2 amide bonds. The van der Waals surface area contributed by atoms with Crippen molar-refractivity contribution in [2.45, 2.75) is 13.0 Å². The van der Waals surface area contributed by atoms with E-state index in [2.05, 4.69) is 5.32 Å². The molecule has 4 aromatic rings. The Morgan fingerprint density at radius 2 is 2.00 bits per heavy atom. The molecule has 0 saturated heterocycles. The van der Waals surface area contributed by atoms with Crippen LogP contribution in [-0.2, 0) is 13.0 Å². The minimum atomic E-state index is -0.333. The number of carbonyl (C=O) groups is 2. The smallest absolute Gasteiger partial charge is 0.291 e. The van der Waals surface area contributed by atoms with Crippen molar-refractivity contribution in [3.8, 4) is 5.75 Å². The normalized spacial score (nSPS) is 13.1. The predicted octanol–water partition coefficient (Wildman–Crippen LogP) is 4.95. The average molecular weight is 433 g/mol. The predicted molar refractivity (Wildman–Crippen MR) is 120 cm³/mol. The molecule has 31 heavy (non-hydrogen) atoms. The number of anilines is 1. The maximum atomic E-state index is 12.8. The molecule has 1 aliphatic rings. The minimum Gasteiger partial charge on any atom is -0.493 e. The van der Waals surface area contributed by atoms with Gasteiger partial charge in [-0.05, 0) is 53.3 Å². The molecule has 0 unspecified atom stereocenters. The molecule has 0 radical (unpaired) electrons. The van der Waals surface area contributed by atoms with Gasteiger partial charge in [0.1, 0.15) is 0 Å². The monoisotopic (exact) mass is 432 g/mol. The van der Waals surface area contributed by atoms with Crippen LogP contribution in [0.4, 0.5) is 5.69 Å². The van der Waals surface area contributed by atoms with Crippen molar-refractivity contribution in [2.75, 3.05) is 19.0 Å². The van der Waals surface area contributed by atoms with Gasteiger partial charge in [0.2, 0.25) is 0 Å². The first-order valence-electron chi connectivity index (χ1n) is 9.95. The number of hydrogen-bond acceptors (Lipinski definition) is 5. The van der Waals surface area contributed by atoms with E-state index in [4.69, 9.17) is 9.15 Å². The summed E-state index contributed by atoms with van der Waals surface area (Å²) in [4.78, 5) is 28.1. The third-order valence-corrected chi connectivity index (χ3v) is 6.31. The van der Waals surface area contributed by atoms with Crippen LogP contribution in [0.25, 0.3) is 11.0 Å². The van der Waals surface area contributed by atoms with Gasteiger partial charge in [-0.2, -0.15) is 0 Å². The summed E-state index contributed by atoms with van der Waals surface area (Å²) in [5.41, 5.74) is 3.45. The molecule has 7 heteroatoms. The van der Waals surface area contributed by atoms with Gasteiger partial charge >= 0.3 is 0 Å². The van der Waals surface area contributed by atoms with Gasteiger partial charge in [0, 0.05) is 24.2 Å². The molecule has 1 N–H and O–H groups in total. The van der Waals surface area contributed by atoms with E-state index in [1.54, 1.807) is 19.2 Å². The molecule has 5 rings (SSSR count). The van der Waals surface area contributed by atoms with Crippen molar-refractivity contribution in [1.29, 1.82) is 0 Å². The van der Waals surface area contributed by atoms with Crippen molar-refractivity contribution in [2.24, 2.45) is 0 Å². The van der Waals surface area contributed by atoms with Crippen LogP contribution in [0, 0.1) is 0 Å². The summed E-state index contributed by atoms with van der Waals surface area (Å²) in [5, 5.41) is 5.62. The van der Waals surface area contributed by atoms with Crippen molar-refractivity contribution in [1.82, 2.24) is 4.90 Å². The Labute approximate surface area is 183 Å². The van der Waals surface area contributed by atoms with Crippen molar-refractivity contribution < 1.29 is 18.7 Å². The highest BCUT2D eigenvalue weighted by atomic mass is 32.1. The number of amides is 2. The van der Waals surface area contributed by atoms with Gasteiger partial charge in [0.15, 0.2) is 17.1 Å². The fourth-order valence-corrected chi connectivity index (χ4v) is 4.56. The lowest BCUT2D eigenvalue weighted by atomic mass is 9.99. The van der Waals surface area contributed by atoms with Crippen molar-refractivity contribution in [3.05, 3.63) is 81.7 Å². The van der Waals surface area contributed by atoms with Gasteiger partial charge in [0.25, 0.3) is 11.8 Å². The second-order valence-corrected chi connectivity index (χ2v) is 8.33. The van der Waals surface area contributed by atoms with Crippen LogP contribution in [0.5, 0.6) is 5.75 Å². The lowest BCUT2D eigenvalue weighted by Gasteiger charge is -2.29. The Hall–Kier alpha value is -3.58. The van der Waals surface area contributed by atoms with Crippen LogP contribution in [0.1, 0.15) is 31.4 Å². The SMILES string of the molecule is COc1cccc2cc(C(=O)Nc3ccc4c(c3)CN(C(=O)c3cccs3)CC4)oc12. The third kappa shape index (κ3) is 3.68. The summed E-state index contributed by atoms with van der Waals surface area (Å²) in [5.74, 6) is 0.513. The van der Waals surface area contributed by atoms with Crippen LogP contribution in [0.15, 0.2) is 64.4 Å². The zero-order valence-electron chi connectivity index (χ0n) is 16.9. The van der Waals surface area contributed by atoms with Crippen LogP contribution < -0.4 is 10.1 Å². The minimum absolute atomic E-state index is 0.0475. The standard InChI is InChI=1S/C24H20N2O4S/c1-29-19-5-2-4-16-13-20(30-22(16)19)23(27)25-18-8-7-15-9-10-26(14-17(15)12-18)24(28)21-6-3-11-31-21/h2-8,11-13H,9-10,14H2,1H3,(H,25,27). The fraction of sp³-hybridized carbons (Fsp3) is 0.167. The second kappa shape index (κ2) is 7.92. The largest absolute Gasteiger partial charge is 0.493 e. The van der Waals surface area contributed by atoms with E-state index in [1.807, 2.05) is 52.7 Å². The molecule has 6 nitrogen and oxygen atoms in total. The first-order valence-corrected chi connectivity index (χ1v) is 10.8. The number of carbonyl (C=O) groups excluding carboxylic acids is 2. The quantitative estimate of drug-likeness (QED) is 0.495. The summed E-state index contributed by atoms with van der Waals surface area (Å²) in [6.45, 7) is 1.22. The molecule has 0 bridgehead atoms. The first kappa shape index (κ1) is 19.4. The second-order valence-electron chi connectivity index (χ2n) is 7.38. The molecule has 1 aliphatic heterocycles. The molecule has 3 heterocycles. The highest BCUT2D eigenvalue weighted by Crippen LogP contribution is 2.29. The van der Waals surface area contributed by atoms with E-state index in [-0.39, 0.29) is 17.6 Å². The van der Waals surface area contributed by atoms with E-state index in [9.17, 15) is 9.59 Å². The first-order chi connectivity index (χ1) is 15.1. The van der Waals surface area contributed by atoms with Crippen molar-refractivity contribution >= 4 is 39.8 Å². The summed E-state index contributed by atoms with van der Waals surface area (Å²) >= 11 is 1.45. The maximum Gasteiger partial charge on any atom is 0.291 e. The maximum absolute atomic E-state index is 12.8. The van der Waals surface area contributed by atoms with E-state index in [0.29, 0.717) is 30.1 Å². The molecule has 156 valence electrons. The highest BCUT2D eigenvalue weighted by Gasteiger charge is 2.23. The molecule has 0 fully saturated rings. The van der Waals surface area contributed by atoms with Crippen LogP contribution in [0.3, 0.4) is 0 Å². The number of ether oxygens (including phenoxy) is 1. The topological polar surface area (TPSA) is 71.8 Å². The molecule has 0 atom stereocenters. The lowest BCUT2D eigenvalue weighted by molar-refractivity contribution is 0.0739. The zero-order valence-corrected chi connectivity index (χ0v) is 17.7. The molecular formula is C24H20N2O4S. The van der Waals surface area contributed by atoms with Crippen LogP contribution >= 0.6 is 11.3 Å². The highest BCUT2D eigenvalue weighted by molar-refractivity contribution is 7.12. The summed E-state index contributed by atoms with van der Waals surface area (Å²) in [6, 6.07) is 16.8. The van der Waals surface area contributed by atoms with Gasteiger partial charge in [-0.1, -0.05) is 24.3 Å². The van der Waals surface area contributed by atoms with Crippen LogP contribution in [0.2, 0.25) is 0 Å². The third-order valence-electron chi connectivity index (χ3n) is 5.45. The molecule has 2 aromatic carbocycles. The Kier molecular flexibility index (Phi) is 4.95. The number of nitrogens with one attached hydrogen (secondary N) is 1. The van der Waals surface area contributed by atoms with Gasteiger partial charge in [0.05, 0.1) is 12.0 Å². The van der Waals surface area contributed by atoms with Crippen LogP contribution in [-0.4, -0.2) is 30.4 Å². The number of hydrogen-bond donors (Lipinski definition) is 1. The number of para-hydroxylation sites is 1. The number of fused-ring (bicyclic) bond motifs is 2. The Morgan fingerprint density at radius 3 is 2.81 bits per heavy atom. The number of nitrogens with zero attached hydrogens (tertiary/aromatic N) is 1. The molecular weight excluding hydrogens is 412 g/mol. The molecule has 0 spiro atoms. The number of furan rings is 1. The number of rotatable bonds is 4. The van der Waals surface area contributed by atoms with E-state index >= 15 is 0 Å². The average Bonchev–Trinajstić information content (AvgIpc) is 3.48. The van der Waals surface area contributed by atoms with Gasteiger partial charge in [-0.3, -0.25) is 9.59 Å². The zero-order chi connectivity index (χ0) is 21.4. The van der Waals surface area contributed by atoms with E-state index in [1.165, 1.54) is 16.9 Å². The number of benzene rings is 2. The lowest BCUT2D eigenvalue weighted by Crippen LogP contribution is -2.35. The van der Waals surface area contributed by atoms with Crippen molar-refractivity contribution in [3.63, 3.8) is 0 Å².